The molecule has 2 rings (SSSR count). The van der Waals surface area contributed by atoms with E-state index < -0.39 is 18.4 Å². The second kappa shape index (κ2) is 4.43. The van der Waals surface area contributed by atoms with E-state index in [2.05, 4.69) is 0 Å². The number of ether oxygens (including phenoxy) is 1. The molecule has 0 bridgehead atoms. The van der Waals surface area contributed by atoms with Crippen LogP contribution >= 0.6 is 23.2 Å². The number of rotatable bonds is 2. The Hall–Kier alpha value is -1.46. The maximum Gasteiger partial charge on any atom is 0.265 e. The predicted molar refractivity (Wildman–Crippen MR) is 59.3 cm³/mol. The first-order valence-electron chi connectivity index (χ1n) is 4.61. The van der Waals surface area contributed by atoms with Gasteiger partial charge in [-0.25, -0.2) is 0 Å². The van der Waals surface area contributed by atoms with Gasteiger partial charge in [-0.1, -0.05) is 23.2 Å². The number of benzene rings is 1. The summed E-state index contributed by atoms with van der Waals surface area (Å²) in [6.45, 7) is -0.826. The van der Waals surface area contributed by atoms with Gasteiger partial charge in [0, 0.05) is 5.02 Å². The standard InChI is InChI=1S/C10H7Cl2NO4/c11-5-1-6(12)10-7(2-5)13(3-9(15)16)8(14)4-17-10/h1-2H,3-4H2,(H,15,16)/p-1. The average Bonchev–Trinajstić information content (AvgIpc) is 2.21. The van der Waals surface area contributed by atoms with Gasteiger partial charge < -0.3 is 19.5 Å². The van der Waals surface area contributed by atoms with Gasteiger partial charge in [-0.3, -0.25) is 4.79 Å². The highest BCUT2D eigenvalue weighted by molar-refractivity contribution is 6.36. The lowest BCUT2D eigenvalue weighted by atomic mass is 10.2. The lowest BCUT2D eigenvalue weighted by Gasteiger charge is -2.30. The van der Waals surface area contributed by atoms with Gasteiger partial charge in [0.1, 0.15) is 0 Å². The lowest BCUT2D eigenvalue weighted by molar-refractivity contribution is -0.303. The van der Waals surface area contributed by atoms with Crippen LogP contribution in [-0.2, 0) is 9.59 Å². The molecule has 0 aliphatic carbocycles. The number of halogens is 2. The zero-order chi connectivity index (χ0) is 12.6. The molecule has 1 aromatic carbocycles. The van der Waals surface area contributed by atoms with Crippen LogP contribution in [0.3, 0.4) is 0 Å². The van der Waals surface area contributed by atoms with Gasteiger partial charge in [-0.05, 0) is 12.1 Å². The Kier molecular flexibility index (Phi) is 3.13. The summed E-state index contributed by atoms with van der Waals surface area (Å²) in [5.74, 6) is -1.61. The van der Waals surface area contributed by atoms with Crippen LogP contribution in [-0.4, -0.2) is 25.0 Å². The molecule has 17 heavy (non-hydrogen) atoms. The van der Waals surface area contributed by atoms with Crippen LogP contribution in [0.25, 0.3) is 0 Å². The fourth-order valence-corrected chi connectivity index (χ4v) is 2.08. The van der Waals surface area contributed by atoms with Gasteiger partial charge in [0.15, 0.2) is 12.4 Å². The molecule has 0 saturated heterocycles. The molecule has 0 N–H and O–H groups in total. The zero-order valence-corrected chi connectivity index (χ0v) is 9.92. The Labute approximate surface area is 106 Å². The van der Waals surface area contributed by atoms with Gasteiger partial charge in [-0.2, -0.15) is 0 Å². The molecular weight excluding hydrogens is 269 g/mol. The molecule has 1 aliphatic rings. The molecule has 1 aliphatic heterocycles. The van der Waals surface area contributed by atoms with Gasteiger partial charge >= 0.3 is 0 Å². The van der Waals surface area contributed by atoms with E-state index in [9.17, 15) is 14.7 Å². The van der Waals surface area contributed by atoms with Crippen molar-refractivity contribution in [1.29, 1.82) is 0 Å². The molecule has 1 aromatic rings. The van der Waals surface area contributed by atoms with Crippen LogP contribution in [0.4, 0.5) is 5.69 Å². The Morgan fingerprint density at radius 1 is 1.47 bits per heavy atom. The van der Waals surface area contributed by atoms with Crippen LogP contribution in [0.15, 0.2) is 12.1 Å². The normalized spacial score (nSPS) is 14.2. The molecule has 0 aromatic heterocycles. The van der Waals surface area contributed by atoms with E-state index in [1.54, 1.807) is 0 Å². The number of carboxylic acid groups (broad SMARTS) is 1. The maximum atomic E-state index is 11.5. The number of fused-ring (bicyclic) bond motifs is 1. The van der Waals surface area contributed by atoms with Crippen molar-refractivity contribution in [3.05, 3.63) is 22.2 Å². The molecule has 0 spiro atoms. The molecular formula is C10H6Cl2NO4-. The van der Waals surface area contributed by atoms with Crippen molar-refractivity contribution in [3.8, 4) is 5.75 Å². The minimum absolute atomic E-state index is 0.225. The highest BCUT2D eigenvalue weighted by Gasteiger charge is 2.27. The van der Waals surface area contributed by atoms with Crippen molar-refractivity contribution in [2.75, 3.05) is 18.1 Å². The Morgan fingerprint density at radius 3 is 2.82 bits per heavy atom. The molecule has 7 heteroatoms. The van der Waals surface area contributed by atoms with Crippen molar-refractivity contribution in [2.45, 2.75) is 0 Å². The average molecular weight is 275 g/mol. The highest BCUT2D eigenvalue weighted by atomic mass is 35.5. The van der Waals surface area contributed by atoms with Gasteiger partial charge in [0.05, 0.1) is 23.2 Å². The quantitative estimate of drug-likeness (QED) is 0.786. The van der Waals surface area contributed by atoms with Crippen LogP contribution < -0.4 is 14.7 Å². The van der Waals surface area contributed by atoms with Crippen molar-refractivity contribution in [1.82, 2.24) is 0 Å². The lowest BCUT2D eigenvalue weighted by Crippen LogP contribution is -2.45. The SMILES string of the molecule is O=C([O-])CN1C(=O)COc2c(Cl)cc(Cl)cc21. The second-order valence-corrected chi connectivity index (χ2v) is 4.22. The number of amides is 1. The molecule has 0 radical (unpaired) electrons. The minimum Gasteiger partial charge on any atom is -0.548 e. The first-order valence-corrected chi connectivity index (χ1v) is 5.36. The number of carbonyl (C=O) groups is 2. The summed E-state index contributed by atoms with van der Waals surface area (Å²) in [6, 6.07) is 2.87. The van der Waals surface area contributed by atoms with Gasteiger partial charge in [0.2, 0.25) is 0 Å². The van der Waals surface area contributed by atoms with Crippen LogP contribution in [0.2, 0.25) is 10.0 Å². The largest absolute Gasteiger partial charge is 0.548 e. The summed E-state index contributed by atoms with van der Waals surface area (Å²) in [5, 5.41) is 11.1. The van der Waals surface area contributed by atoms with E-state index in [-0.39, 0.29) is 28.1 Å². The number of carboxylic acids is 1. The molecule has 1 heterocycles. The summed E-state index contributed by atoms with van der Waals surface area (Å²) in [5.41, 5.74) is 0.239. The van der Waals surface area contributed by atoms with E-state index >= 15 is 0 Å². The zero-order valence-electron chi connectivity index (χ0n) is 8.41. The smallest absolute Gasteiger partial charge is 0.265 e. The summed E-state index contributed by atoms with van der Waals surface area (Å²) in [6.07, 6.45) is 0. The Balaban J connectivity index is 2.50. The van der Waals surface area contributed by atoms with E-state index in [1.807, 2.05) is 0 Å². The number of nitrogens with zero attached hydrogens (tertiary/aromatic N) is 1. The second-order valence-electron chi connectivity index (χ2n) is 3.38. The number of anilines is 1. The van der Waals surface area contributed by atoms with Crippen molar-refractivity contribution in [2.24, 2.45) is 0 Å². The molecule has 0 atom stereocenters. The fourth-order valence-electron chi connectivity index (χ4n) is 1.54. The summed E-state index contributed by atoms with van der Waals surface area (Å²) >= 11 is 11.7. The maximum absolute atomic E-state index is 11.5. The first-order chi connectivity index (χ1) is 7.99. The van der Waals surface area contributed by atoms with Crippen LogP contribution in [0.1, 0.15) is 0 Å². The van der Waals surface area contributed by atoms with Crippen LogP contribution in [0.5, 0.6) is 5.75 Å². The molecule has 0 saturated carbocycles. The minimum atomic E-state index is -1.37. The van der Waals surface area contributed by atoms with Gasteiger partial charge in [-0.15, -0.1) is 0 Å². The number of carbonyl (C=O) groups excluding carboxylic acids is 2. The van der Waals surface area contributed by atoms with E-state index in [4.69, 9.17) is 27.9 Å². The van der Waals surface area contributed by atoms with Crippen LogP contribution in [0, 0.1) is 0 Å². The molecule has 90 valence electrons. The molecule has 5 nitrogen and oxygen atoms in total. The third kappa shape index (κ3) is 2.30. The number of hydrogen-bond donors (Lipinski definition) is 0. The molecule has 1 amide bonds. The Bertz CT molecular complexity index is 503. The summed E-state index contributed by atoms with van der Waals surface area (Å²) < 4.78 is 5.14. The third-order valence-electron chi connectivity index (χ3n) is 2.21. The Morgan fingerprint density at radius 2 is 2.18 bits per heavy atom. The first kappa shape index (κ1) is 12.0. The molecule has 0 unspecified atom stereocenters. The summed E-state index contributed by atoms with van der Waals surface area (Å²) in [7, 11) is 0. The molecule has 0 fully saturated rings. The summed E-state index contributed by atoms with van der Waals surface area (Å²) in [4.78, 5) is 23.1. The predicted octanol–water partition coefficient (Wildman–Crippen LogP) is 0.469. The van der Waals surface area contributed by atoms with Crippen molar-refractivity contribution in [3.63, 3.8) is 0 Å². The van der Waals surface area contributed by atoms with E-state index in [0.717, 1.165) is 4.90 Å². The monoisotopic (exact) mass is 274 g/mol. The number of hydrogen-bond acceptors (Lipinski definition) is 4. The fraction of sp³-hybridized carbons (Fsp3) is 0.200. The highest BCUT2D eigenvalue weighted by Crippen LogP contribution is 2.40. The third-order valence-corrected chi connectivity index (χ3v) is 2.71. The van der Waals surface area contributed by atoms with Crippen molar-refractivity contribution >= 4 is 40.8 Å². The topological polar surface area (TPSA) is 69.7 Å². The number of aliphatic carboxylic acids is 1. The van der Waals surface area contributed by atoms with Crippen molar-refractivity contribution < 1.29 is 19.4 Å². The van der Waals surface area contributed by atoms with E-state index in [0.29, 0.717) is 0 Å². The van der Waals surface area contributed by atoms with E-state index in [1.165, 1.54) is 12.1 Å². The van der Waals surface area contributed by atoms with Gasteiger partial charge in [0.25, 0.3) is 5.91 Å².